The largest absolute Gasteiger partial charge is 0.462 e. The van der Waals surface area contributed by atoms with Crippen molar-refractivity contribution < 1.29 is 9.53 Å². The minimum Gasteiger partial charge on any atom is -0.462 e. The fourth-order valence-corrected chi connectivity index (χ4v) is 3.32. The number of nitrogens with one attached hydrogen (secondary N) is 1. The summed E-state index contributed by atoms with van der Waals surface area (Å²) in [5, 5.41) is 0. The van der Waals surface area contributed by atoms with Gasteiger partial charge in [-0.3, -0.25) is 4.40 Å². The van der Waals surface area contributed by atoms with Gasteiger partial charge < -0.3 is 9.72 Å². The zero-order valence-corrected chi connectivity index (χ0v) is 15.9. The summed E-state index contributed by atoms with van der Waals surface area (Å²) in [6.07, 6.45) is 5.15. The predicted octanol–water partition coefficient (Wildman–Crippen LogP) is 2.60. The number of esters is 1. The summed E-state index contributed by atoms with van der Waals surface area (Å²) in [5.74, 6) is 0.0321. The van der Waals surface area contributed by atoms with E-state index in [-0.39, 0.29) is 5.69 Å². The van der Waals surface area contributed by atoms with Gasteiger partial charge in [-0.2, -0.15) is 0 Å². The molecule has 9 nitrogen and oxygen atoms in total. The molecule has 0 aliphatic carbocycles. The van der Waals surface area contributed by atoms with E-state index in [2.05, 4.69) is 19.9 Å². The van der Waals surface area contributed by atoms with Gasteiger partial charge in [-0.05, 0) is 43.3 Å². The van der Waals surface area contributed by atoms with Crippen LogP contribution in [0, 0.1) is 0 Å². The number of benzene rings is 1. The molecule has 0 unspecified atom stereocenters. The van der Waals surface area contributed by atoms with E-state index in [4.69, 9.17) is 4.74 Å². The third kappa shape index (κ3) is 2.84. The van der Waals surface area contributed by atoms with E-state index in [1.54, 1.807) is 43.6 Å². The average Bonchev–Trinajstić information content (AvgIpc) is 3.34. The van der Waals surface area contributed by atoms with Crippen LogP contribution >= 0.6 is 0 Å². The molecule has 4 heterocycles. The van der Waals surface area contributed by atoms with Gasteiger partial charge in [0.25, 0.3) is 0 Å². The molecule has 30 heavy (non-hydrogen) atoms. The molecule has 4 aromatic heterocycles. The number of imidazole rings is 2. The number of aromatic amines is 1. The van der Waals surface area contributed by atoms with Crippen LogP contribution < -0.4 is 5.69 Å². The Balaban J connectivity index is 1.63. The number of aromatic nitrogens is 6. The van der Waals surface area contributed by atoms with E-state index in [1.165, 1.54) is 4.57 Å². The van der Waals surface area contributed by atoms with Crippen LogP contribution in [0.3, 0.4) is 0 Å². The monoisotopic (exact) mass is 400 g/mol. The van der Waals surface area contributed by atoms with E-state index in [9.17, 15) is 9.59 Å². The van der Waals surface area contributed by atoms with E-state index < -0.39 is 5.97 Å². The zero-order chi connectivity index (χ0) is 20.7. The van der Waals surface area contributed by atoms with Gasteiger partial charge in [0.15, 0.2) is 11.5 Å². The Morgan fingerprint density at radius 1 is 1.10 bits per heavy atom. The maximum Gasteiger partial charge on any atom is 0.338 e. The lowest BCUT2D eigenvalue weighted by molar-refractivity contribution is 0.0526. The second-order valence-electron chi connectivity index (χ2n) is 6.54. The molecule has 0 fully saturated rings. The standard InChI is InChI=1S/C21H16N6O3/c1-2-30-20(28)13-6-8-14(9-7-13)27-19-15(24-21(27)29)11-23-18(25-19)16-12-22-17-5-3-4-10-26(16)17/h3-12H,2H2,1H3,(H,24,29). The van der Waals surface area contributed by atoms with Gasteiger partial charge in [0.1, 0.15) is 16.9 Å². The number of hydrogen-bond donors (Lipinski definition) is 1. The molecule has 0 bridgehead atoms. The van der Waals surface area contributed by atoms with Gasteiger partial charge in [-0.1, -0.05) is 6.07 Å². The highest BCUT2D eigenvalue weighted by atomic mass is 16.5. The van der Waals surface area contributed by atoms with Crippen LogP contribution in [-0.2, 0) is 4.74 Å². The van der Waals surface area contributed by atoms with Crippen LogP contribution in [0.2, 0.25) is 0 Å². The van der Waals surface area contributed by atoms with Gasteiger partial charge in [0, 0.05) is 6.20 Å². The summed E-state index contributed by atoms with van der Waals surface area (Å²) in [5.41, 5.74) is 3.06. The van der Waals surface area contributed by atoms with Gasteiger partial charge in [-0.25, -0.2) is 29.1 Å². The normalized spacial score (nSPS) is 11.2. The minimum atomic E-state index is -0.410. The maximum atomic E-state index is 12.6. The first kappa shape index (κ1) is 17.8. The van der Waals surface area contributed by atoms with Crippen molar-refractivity contribution in [1.29, 1.82) is 0 Å². The number of rotatable bonds is 4. The van der Waals surface area contributed by atoms with Crippen molar-refractivity contribution in [1.82, 2.24) is 28.9 Å². The van der Waals surface area contributed by atoms with Gasteiger partial charge >= 0.3 is 11.7 Å². The molecule has 0 radical (unpaired) electrons. The smallest absolute Gasteiger partial charge is 0.338 e. The zero-order valence-electron chi connectivity index (χ0n) is 15.9. The fourth-order valence-electron chi connectivity index (χ4n) is 3.32. The van der Waals surface area contributed by atoms with E-state index in [1.807, 2.05) is 28.8 Å². The van der Waals surface area contributed by atoms with Crippen LogP contribution in [0.1, 0.15) is 17.3 Å². The predicted molar refractivity (Wildman–Crippen MR) is 110 cm³/mol. The van der Waals surface area contributed by atoms with Crippen LogP contribution in [0.25, 0.3) is 34.0 Å². The van der Waals surface area contributed by atoms with Crippen molar-refractivity contribution in [3.05, 3.63) is 77.1 Å². The van der Waals surface area contributed by atoms with Crippen LogP contribution in [0.4, 0.5) is 0 Å². The molecule has 148 valence electrons. The molecular weight excluding hydrogens is 384 g/mol. The fraction of sp³-hybridized carbons (Fsp3) is 0.0952. The second-order valence-corrected chi connectivity index (χ2v) is 6.54. The van der Waals surface area contributed by atoms with Gasteiger partial charge in [0.2, 0.25) is 0 Å². The van der Waals surface area contributed by atoms with E-state index >= 15 is 0 Å². The quantitative estimate of drug-likeness (QED) is 0.465. The number of carbonyl (C=O) groups is 1. The molecule has 0 aliphatic rings. The van der Waals surface area contributed by atoms with Crippen LogP contribution in [-0.4, -0.2) is 41.5 Å². The number of ether oxygens (including phenoxy) is 1. The molecule has 1 aromatic carbocycles. The summed E-state index contributed by atoms with van der Waals surface area (Å²) in [6, 6.07) is 12.3. The molecule has 9 heteroatoms. The van der Waals surface area contributed by atoms with Crippen molar-refractivity contribution in [2.45, 2.75) is 6.92 Å². The van der Waals surface area contributed by atoms with Crippen molar-refractivity contribution in [2.24, 2.45) is 0 Å². The Kier molecular flexibility index (Phi) is 4.13. The van der Waals surface area contributed by atoms with E-state index in [0.29, 0.717) is 40.5 Å². The molecule has 0 aliphatic heterocycles. The lowest BCUT2D eigenvalue weighted by atomic mass is 10.2. The molecule has 5 aromatic rings. The number of pyridine rings is 1. The molecular formula is C21H16N6O3. The highest BCUT2D eigenvalue weighted by Crippen LogP contribution is 2.20. The molecule has 0 saturated carbocycles. The summed E-state index contributed by atoms with van der Waals surface area (Å²) in [6.45, 7) is 2.05. The number of H-pyrrole nitrogens is 1. The van der Waals surface area contributed by atoms with Crippen molar-refractivity contribution >= 4 is 22.8 Å². The first-order chi connectivity index (χ1) is 14.7. The number of hydrogen-bond acceptors (Lipinski definition) is 6. The minimum absolute atomic E-state index is 0.297. The van der Waals surface area contributed by atoms with E-state index in [0.717, 1.165) is 5.65 Å². The Bertz CT molecular complexity index is 1450. The third-order valence-electron chi connectivity index (χ3n) is 4.71. The van der Waals surface area contributed by atoms with Crippen LogP contribution in [0.15, 0.2) is 65.8 Å². The van der Waals surface area contributed by atoms with Crippen molar-refractivity contribution in [3.8, 4) is 17.2 Å². The first-order valence-electron chi connectivity index (χ1n) is 9.33. The maximum absolute atomic E-state index is 12.6. The molecule has 5 rings (SSSR count). The highest BCUT2D eigenvalue weighted by molar-refractivity contribution is 5.89. The SMILES string of the molecule is CCOC(=O)c1ccc(-n2c(=O)[nH]c3cnc(-c4cnc5ccccn45)nc32)cc1. The first-order valence-corrected chi connectivity index (χ1v) is 9.33. The van der Waals surface area contributed by atoms with Crippen LogP contribution in [0.5, 0.6) is 0 Å². The van der Waals surface area contributed by atoms with Crippen molar-refractivity contribution in [2.75, 3.05) is 6.61 Å². The summed E-state index contributed by atoms with van der Waals surface area (Å²) < 4.78 is 8.32. The molecule has 1 N–H and O–H groups in total. The third-order valence-corrected chi connectivity index (χ3v) is 4.71. The Morgan fingerprint density at radius 3 is 2.73 bits per heavy atom. The number of fused-ring (bicyclic) bond motifs is 2. The summed E-state index contributed by atoms with van der Waals surface area (Å²) >= 11 is 0. The Labute approximate surface area is 169 Å². The topological polar surface area (TPSA) is 107 Å². The lowest BCUT2D eigenvalue weighted by Crippen LogP contribution is -2.15. The average molecular weight is 400 g/mol. The van der Waals surface area contributed by atoms with Crippen molar-refractivity contribution in [3.63, 3.8) is 0 Å². The Morgan fingerprint density at radius 2 is 1.93 bits per heavy atom. The molecule has 0 amide bonds. The molecule has 0 spiro atoms. The summed E-state index contributed by atoms with van der Waals surface area (Å²) in [4.78, 5) is 40.6. The summed E-state index contributed by atoms with van der Waals surface area (Å²) in [7, 11) is 0. The molecule has 0 atom stereocenters. The van der Waals surface area contributed by atoms with Gasteiger partial charge in [-0.15, -0.1) is 0 Å². The number of nitrogens with zero attached hydrogens (tertiary/aromatic N) is 5. The second kappa shape index (κ2) is 6.96. The highest BCUT2D eigenvalue weighted by Gasteiger charge is 2.15. The lowest BCUT2D eigenvalue weighted by Gasteiger charge is -2.06. The number of carbonyl (C=O) groups excluding carboxylic acids is 1. The molecule has 0 saturated heterocycles. The van der Waals surface area contributed by atoms with Gasteiger partial charge in [0.05, 0.1) is 30.3 Å². The Hall–Kier alpha value is -4.27.